The summed E-state index contributed by atoms with van der Waals surface area (Å²) in [6.45, 7) is 10.1. The van der Waals surface area contributed by atoms with Crippen molar-refractivity contribution in [2.75, 3.05) is 6.54 Å². The van der Waals surface area contributed by atoms with Gasteiger partial charge in [0.15, 0.2) is 0 Å². The van der Waals surface area contributed by atoms with Gasteiger partial charge in [-0.05, 0) is 51.8 Å². The first-order chi connectivity index (χ1) is 10.6. The first-order valence-electron chi connectivity index (χ1n) is 7.80. The van der Waals surface area contributed by atoms with Crippen molar-refractivity contribution in [2.45, 2.75) is 58.7 Å². The van der Waals surface area contributed by atoms with Crippen molar-refractivity contribution in [3.8, 4) is 0 Å². The van der Waals surface area contributed by atoms with Gasteiger partial charge in [0.1, 0.15) is 5.60 Å². The lowest BCUT2D eigenvalue weighted by atomic mass is 10.1. The molecule has 0 saturated carbocycles. The highest BCUT2D eigenvalue weighted by atomic mass is 35.5. The summed E-state index contributed by atoms with van der Waals surface area (Å²) in [4.78, 5) is 11.7. The molecular weight excluding hydrogens is 335 g/mol. The Hall–Kier alpha value is -0.970. The fourth-order valence-electron chi connectivity index (χ4n) is 2.07. The van der Waals surface area contributed by atoms with Gasteiger partial charge in [-0.25, -0.2) is 4.79 Å². The lowest BCUT2D eigenvalue weighted by Crippen LogP contribution is -2.43. The largest absolute Gasteiger partial charge is 0.444 e. The molecule has 0 bridgehead atoms. The predicted molar refractivity (Wildman–Crippen MR) is 96.3 cm³/mol. The number of nitrogens with one attached hydrogen (secondary N) is 2. The van der Waals surface area contributed by atoms with Gasteiger partial charge in [-0.3, -0.25) is 0 Å². The molecular formula is C17H26Cl2N2O2. The van der Waals surface area contributed by atoms with E-state index in [4.69, 9.17) is 27.9 Å². The van der Waals surface area contributed by atoms with E-state index in [0.717, 1.165) is 12.0 Å². The number of ether oxygens (including phenoxy) is 1. The second kappa shape index (κ2) is 8.76. The van der Waals surface area contributed by atoms with E-state index in [9.17, 15) is 4.79 Å². The summed E-state index contributed by atoms with van der Waals surface area (Å²) in [6.07, 6.45) is 0.474. The highest BCUT2D eigenvalue weighted by Crippen LogP contribution is 2.25. The normalized spacial score (nSPS) is 14.2. The van der Waals surface area contributed by atoms with Crippen LogP contribution in [0, 0.1) is 0 Å². The van der Waals surface area contributed by atoms with Crippen LogP contribution in [0.4, 0.5) is 4.79 Å². The molecule has 0 aliphatic heterocycles. The van der Waals surface area contributed by atoms with Crippen LogP contribution in [0.1, 0.15) is 52.6 Å². The maximum atomic E-state index is 11.7. The standard InChI is InChI=1S/C17H26Cl2N2O2/c1-6-13(10-20-16(22)23-17(3,4)5)21-11(2)12-7-8-14(18)15(19)9-12/h7-9,11,13,21H,6,10H2,1-5H3,(H,20,22). The summed E-state index contributed by atoms with van der Waals surface area (Å²) < 4.78 is 5.24. The van der Waals surface area contributed by atoms with Gasteiger partial charge < -0.3 is 15.4 Å². The molecule has 0 fully saturated rings. The molecule has 4 nitrogen and oxygen atoms in total. The first kappa shape index (κ1) is 20.1. The van der Waals surface area contributed by atoms with E-state index >= 15 is 0 Å². The quantitative estimate of drug-likeness (QED) is 0.754. The molecule has 130 valence electrons. The Labute approximate surface area is 148 Å². The van der Waals surface area contributed by atoms with Gasteiger partial charge in [0.05, 0.1) is 10.0 Å². The Morgan fingerprint density at radius 3 is 2.43 bits per heavy atom. The number of carbonyl (C=O) groups is 1. The number of alkyl carbamates (subject to hydrolysis) is 1. The number of benzene rings is 1. The molecule has 2 N–H and O–H groups in total. The maximum absolute atomic E-state index is 11.7. The van der Waals surface area contributed by atoms with Crippen LogP contribution < -0.4 is 10.6 Å². The molecule has 2 atom stereocenters. The highest BCUT2D eigenvalue weighted by Gasteiger charge is 2.18. The minimum Gasteiger partial charge on any atom is -0.444 e. The summed E-state index contributed by atoms with van der Waals surface area (Å²) in [5.41, 5.74) is 0.558. The molecule has 0 heterocycles. The van der Waals surface area contributed by atoms with E-state index in [1.54, 1.807) is 6.07 Å². The second-order valence-corrected chi connectivity index (χ2v) is 7.36. The summed E-state index contributed by atoms with van der Waals surface area (Å²) in [7, 11) is 0. The summed E-state index contributed by atoms with van der Waals surface area (Å²) in [5.74, 6) is 0. The third-order valence-electron chi connectivity index (χ3n) is 3.31. The molecule has 0 aliphatic carbocycles. The number of hydrogen-bond donors (Lipinski definition) is 2. The smallest absolute Gasteiger partial charge is 0.407 e. The van der Waals surface area contributed by atoms with Crippen molar-refractivity contribution in [3.05, 3.63) is 33.8 Å². The molecule has 1 aromatic rings. The molecule has 23 heavy (non-hydrogen) atoms. The SMILES string of the molecule is CCC(CNC(=O)OC(C)(C)C)NC(C)c1ccc(Cl)c(Cl)c1. The van der Waals surface area contributed by atoms with Crippen molar-refractivity contribution in [1.29, 1.82) is 0 Å². The van der Waals surface area contributed by atoms with Gasteiger partial charge in [-0.2, -0.15) is 0 Å². The van der Waals surface area contributed by atoms with E-state index < -0.39 is 11.7 Å². The fourth-order valence-corrected chi connectivity index (χ4v) is 2.38. The van der Waals surface area contributed by atoms with Gasteiger partial charge >= 0.3 is 6.09 Å². The van der Waals surface area contributed by atoms with E-state index in [1.165, 1.54) is 0 Å². The Kier molecular flexibility index (Phi) is 7.65. The zero-order valence-corrected chi connectivity index (χ0v) is 15.9. The molecule has 0 aromatic heterocycles. The van der Waals surface area contributed by atoms with Crippen LogP contribution in [0.3, 0.4) is 0 Å². The lowest BCUT2D eigenvalue weighted by Gasteiger charge is -2.25. The summed E-state index contributed by atoms with van der Waals surface area (Å²) in [5, 5.41) is 7.35. The number of rotatable bonds is 6. The molecule has 6 heteroatoms. The van der Waals surface area contributed by atoms with Gasteiger partial charge in [0.25, 0.3) is 0 Å². The molecule has 1 aromatic carbocycles. The van der Waals surface area contributed by atoms with Crippen molar-refractivity contribution >= 4 is 29.3 Å². The van der Waals surface area contributed by atoms with Gasteiger partial charge in [0.2, 0.25) is 0 Å². The molecule has 0 saturated heterocycles. The average Bonchev–Trinajstić information content (AvgIpc) is 2.44. The van der Waals surface area contributed by atoms with Crippen LogP contribution in [0.2, 0.25) is 10.0 Å². The molecule has 2 unspecified atom stereocenters. The first-order valence-corrected chi connectivity index (χ1v) is 8.55. The fraction of sp³-hybridized carbons (Fsp3) is 0.588. The average molecular weight is 361 g/mol. The van der Waals surface area contributed by atoms with Crippen LogP contribution in [-0.4, -0.2) is 24.3 Å². The Morgan fingerprint density at radius 2 is 1.91 bits per heavy atom. The predicted octanol–water partition coefficient (Wildman–Crippen LogP) is 4.95. The summed E-state index contributed by atoms with van der Waals surface area (Å²) >= 11 is 12.0. The third kappa shape index (κ3) is 7.42. The van der Waals surface area contributed by atoms with Crippen LogP contribution in [-0.2, 0) is 4.74 Å². The third-order valence-corrected chi connectivity index (χ3v) is 4.05. The zero-order chi connectivity index (χ0) is 17.6. The van der Waals surface area contributed by atoms with Gasteiger partial charge in [-0.15, -0.1) is 0 Å². The molecule has 1 rings (SSSR count). The number of carbonyl (C=O) groups excluding carboxylic acids is 1. The van der Waals surface area contributed by atoms with E-state index in [-0.39, 0.29) is 12.1 Å². The number of hydrogen-bond acceptors (Lipinski definition) is 3. The van der Waals surface area contributed by atoms with Crippen molar-refractivity contribution < 1.29 is 9.53 Å². The highest BCUT2D eigenvalue weighted by molar-refractivity contribution is 6.42. The Morgan fingerprint density at radius 1 is 1.26 bits per heavy atom. The molecule has 1 amide bonds. The monoisotopic (exact) mass is 360 g/mol. The lowest BCUT2D eigenvalue weighted by molar-refractivity contribution is 0.0521. The van der Waals surface area contributed by atoms with Crippen molar-refractivity contribution in [3.63, 3.8) is 0 Å². The zero-order valence-electron chi connectivity index (χ0n) is 14.4. The van der Waals surface area contributed by atoms with Gasteiger partial charge in [0, 0.05) is 18.6 Å². The van der Waals surface area contributed by atoms with Crippen molar-refractivity contribution in [1.82, 2.24) is 10.6 Å². The van der Waals surface area contributed by atoms with Crippen LogP contribution in [0.5, 0.6) is 0 Å². The molecule has 0 aliphatic rings. The minimum atomic E-state index is -0.493. The van der Waals surface area contributed by atoms with Crippen molar-refractivity contribution in [2.24, 2.45) is 0 Å². The van der Waals surface area contributed by atoms with Crippen LogP contribution in [0.15, 0.2) is 18.2 Å². The molecule has 0 spiro atoms. The number of halogens is 2. The van der Waals surface area contributed by atoms with E-state index in [0.29, 0.717) is 16.6 Å². The van der Waals surface area contributed by atoms with Crippen LogP contribution >= 0.6 is 23.2 Å². The number of amides is 1. The second-order valence-electron chi connectivity index (χ2n) is 6.55. The van der Waals surface area contributed by atoms with E-state index in [2.05, 4.69) is 24.5 Å². The van der Waals surface area contributed by atoms with Gasteiger partial charge in [-0.1, -0.05) is 36.2 Å². The molecule has 0 radical (unpaired) electrons. The Balaban J connectivity index is 2.55. The maximum Gasteiger partial charge on any atom is 0.407 e. The topological polar surface area (TPSA) is 50.4 Å². The summed E-state index contributed by atoms with van der Waals surface area (Å²) in [6, 6.07) is 5.81. The van der Waals surface area contributed by atoms with E-state index in [1.807, 2.05) is 32.9 Å². The van der Waals surface area contributed by atoms with Crippen LogP contribution in [0.25, 0.3) is 0 Å². The Bertz CT molecular complexity index is 530. The minimum absolute atomic E-state index is 0.0927.